The van der Waals surface area contributed by atoms with E-state index in [1.807, 2.05) is 6.07 Å². The largest absolute Gasteiger partial charge is 0.366 e. The number of rotatable bonds is 2. The highest BCUT2D eigenvalue weighted by Gasteiger charge is 2.12. The van der Waals surface area contributed by atoms with Crippen LogP contribution < -0.4 is 5.73 Å². The number of nitrogens with zero attached hydrogens (tertiary/aromatic N) is 3. The maximum Gasteiger partial charge on any atom is 0.248 e. The quantitative estimate of drug-likeness (QED) is 0.745. The molecule has 0 radical (unpaired) electrons. The number of benzene rings is 1. The number of nitrogens with two attached hydrogens (primary N) is 1. The van der Waals surface area contributed by atoms with Crippen LogP contribution in [-0.2, 0) is 0 Å². The van der Waals surface area contributed by atoms with Gasteiger partial charge >= 0.3 is 0 Å². The zero-order valence-electron chi connectivity index (χ0n) is 7.29. The lowest BCUT2D eigenvalue weighted by atomic mass is 10.1. The van der Waals surface area contributed by atoms with E-state index >= 15 is 0 Å². The molecule has 0 aromatic heterocycles. The van der Waals surface area contributed by atoms with E-state index in [1.54, 1.807) is 24.4 Å². The van der Waals surface area contributed by atoms with Crippen molar-refractivity contribution < 1.29 is 4.79 Å². The van der Waals surface area contributed by atoms with Crippen molar-refractivity contribution in [3.63, 3.8) is 0 Å². The summed E-state index contributed by atoms with van der Waals surface area (Å²) in [6, 6.07) is 6.79. The summed E-state index contributed by atoms with van der Waals surface area (Å²) < 4.78 is 0. The molecule has 1 amide bonds. The maximum absolute atomic E-state index is 10.9. The Balaban J connectivity index is 2.35. The van der Waals surface area contributed by atoms with Crippen LogP contribution in [0.3, 0.4) is 0 Å². The molecule has 1 aromatic carbocycles. The van der Waals surface area contributed by atoms with Crippen LogP contribution in [0.1, 0.15) is 22.0 Å². The Labute approximate surface area is 80.3 Å². The third-order valence-corrected chi connectivity index (χ3v) is 1.95. The van der Waals surface area contributed by atoms with Crippen molar-refractivity contribution in [1.82, 2.24) is 0 Å². The van der Waals surface area contributed by atoms with Crippen LogP contribution in [-0.4, -0.2) is 12.1 Å². The second-order valence-corrected chi connectivity index (χ2v) is 2.90. The predicted octanol–water partition coefficient (Wildman–Crippen LogP) is 1.28. The van der Waals surface area contributed by atoms with Crippen LogP contribution in [0.25, 0.3) is 0 Å². The highest BCUT2D eigenvalue weighted by molar-refractivity contribution is 5.93. The van der Waals surface area contributed by atoms with E-state index in [9.17, 15) is 4.79 Å². The first kappa shape index (κ1) is 8.55. The van der Waals surface area contributed by atoms with Crippen LogP contribution in [0.5, 0.6) is 0 Å². The van der Waals surface area contributed by atoms with Crippen LogP contribution in [0, 0.1) is 0 Å². The third-order valence-electron chi connectivity index (χ3n) is 1.95. The minimum atomic E-state index is -0.446. The number of hydrogen-bond acceptors (Lipinski definition) is 4. The van der Waals surface area contributed by atoms with Crippen molar-refractivity contribution in [2.45, 2.75) is 6.04 Å². The average Bonchev–Trinajstić information content (AvgIpc) is 2.71. The fourth-order valence-electron chi connectivity index (χ4n) is 1.24. The Morgan fingerprint density at radius 2 is 2.29 bits per heavy atom. The summed E-state index contributed by atoms with van der Waals surface area (Å²) in [5.41, 5.74) is 6.49. The molecule has 0 saturated heterocycles. The number of primary amides is 1. The molecule has 0 saturated carbocycles. The highest BCUT2D eigenvalue weighted by atomic mass is 16.1. The Bertz CT molecular complexity index is 413. The summed E-state index contributed by atoms with van der Waals surface area (Å²) in [5, 5.41) is 11.0. The fraction of sp³-hybridized carbons (Fsp3) is 0.111. The number of carbonyl (C=O) groups excluding carboxylic acids is 1. The van der Waals surface area contributed by atoms with Gasteiger partial charge in [-0.25, -0.2) is 0 Å². The Morgan fingerprint density at radius 1 is 1.43 bits per heavy atom. The van der Waals surface area contributed by atoms with Crippen molar-refractivity contribution in [1.29, 1.82) is 0 Å². The van der Waals surface area contributed by atoms with Crippen molar-refractivity contribution in [2.24, 2.45) is 21.2 Å². The molecule has 1 aromatic rings. The van der Waals surface area contributed by atoms with E-state index in [1.165, 1.54) is 0 Å². The van der Waals surface area contributed by atoms with Crippen LogP contribution in [0.2, 0.25) is 0 Å². The van der Waals surface area contributed by atoms with Gasteiger partial charge in [0.05, 0.1) is 6.21 Å². The standard InChI is InChI=1S/C9H8N4O/c10-9(14)7-3-1-2-6(4-7)8-5-11-13-12-8/h1-5,8H,(H2,10,14). The molecule has 0 fully saturated rings. The molecule has 1 atom stereocenters. The highest BCUT2D eigenvalue weighted by Crippen LogP contribution is 2.20. The molecule has 1 heterocycles. The van der Waals surface area contributed by atoms with E-state index in [2.05, 4.69) is 15.4 Å². The molecule has 2 N–H and O–H groups in total. The molecule has 5 heteroatoms. The summed E-state index contributed by atoms with van der Waals surface area (Å²) in [5.74, 6) is -0.446. The van der Waals surface area contributed by atoms with Crippen molar-refractivity contribution in [3.05, 3.63) is 35.4 Å². The van der Waals surface area contributed by atoms with Crippen LogP contribution >= 0.6 is 0 Å². The van der Waals surface area contributed by atoms with E-state index in [0.717, 1.165) is 5.56 Å². The van der Waals surface area contributed by atoms with Crippen molar-refractivity contribution in [2.75, 3.05) is 0 Å². The smallest absolute Gasteiger partial charge is 0.248 e. The van der Waals surface area contributed by atoms with Crippen molar-refractivity contribution >= 4 is 12.1 Å². The van der Waals surface area contributed by atoms with Gasteiger partial charge in [-0.2, -0.15) is 5.11 Å². The molecule has 5 nitrogen and oxygen atoms in total. The van der Waals surface area contributed by atoms with Gasteiger partial charge in [0.15, 0.2) is 0 Å². The van der Waals surface area contributed by atoms with Crippen molar-refractivity contribution in [3.8, 4) is 0 Å². The van der Waals surface area contributed by atoms with Gasteiger partial charge in [0.25, 0.3) is 0 Å². The summed E-state index contributed by atoms with van der Waals surface area (Å²) in [6.45, 7) is 0. The minimum absolute atomic E-state index is 0.186. The molecule has 0 bridgehead atoms. The van der Waals surface area contributed by atoms with E-state index in [0.29, 0.717) is 5.56 Å². The fourth-order valence-corrected chi connectivity index (χ4v) is 1.24. The van der Waals surface area contributed by atoms with E-state index in [4.69, 9.17) is 5.73 Å². The lowest BCUT2D eigenvalue weighted by Crippen LogP contribution is -2.11. The molecule has 2 rings (SSSR count). The molecular formula is C9H8N4O. The van der Waals surface area contributed by atoms with Gasteiger partial charge in [-0.05, 0) is 22.9 Å². The molecule has 70 valence electrons. The van der Waals surface area contributed by atoms with E-state index in [-0.39, 0.29) is 6.04 Å². The van der Waals surface area contributed by atoms with Gasteiger partial charge in [-0.1, -0.05) is 12.1 Å². The van der Waals surface area contributed by atoms with Gasteiger partial charge in [0, 0.05) is 5.56 Å². The topological polar surface area (TPSA) is 80.2 Å². The molecule has 1 unspecified atom stereocenters. The summed E-state index contributed by atoms with van der Waals surface area (Å²) >= 11 is 0. The molecule has 0 aliphatic carbocycles. The normalized spacial score (nSPS) is 18.7. The average molecular weight is 188 g/mol. The molecule has 0 spiro atoms. The summed E-state index contributed by atoms with van der Waals surface area (Å²) in [4.78, 5) is 10.9. The number of carbonyl (C=O) groups is 1. The number of amides is 1. The maximum atomic E-state index is 10.9. The Kier molecular flexibility index (Phi) is 2.06. The first-order valence-corrected chi connectivity index (χ1v) is 4.10. The lowest BCUT2D eigenvalue weighted by Gasteiger charge is -2.03. The second kappa shape index (κ2) is 3.37. The first-order valence-electron chi connectivity index (χ1n) is 4.10. The second-order valence-electron chi connectivity index (χ2n) is 2.90. The SMILES string of the molecule is NC(=O)c1cccc(C2C=NN=N2)c1. The van der Waals surface area contributed by atoms with Crippen LogP contribution in [0.4, 0.5) is 0 Å². The monoisotopic (exact) mass is 188 g/mol. The zero-order valence-corrected chi connectivity index (χ0v) is 7.29. The lowest BCUT2D eigenvalue weighted by molar-refractivity contribution is 0.1000. The molecule has 14 heavy (non-hydrogen) atoms. The summed E-state index contributed by atoms with van der Waals surface area (Å²) in [7, 11) is 0. The molecule has 1 aliphatic rings. The number of hydrogen-bond donors (Lipinski definition) is 1. The first-order chi connectivity index (χ1) is 6.77. The van der Waals surface area contributed by atoms with E-state index < -0.39 is 5.91 Å². The third kappa shape index (κ3) is 1.52. The zero-order chi connectivity index (χ0) is 9.97. The van der Waals surface area contributed by atoms with Crippen LogP contribution in [0.15, 0.2) is 39.7 Å². The van der Waals surface area contributed by atoms with Gasteiger partial charge < -0.3 is 5.73 Å². The van der Waals surface area contributed by atoms with Gasteiger partial charge in [0.1, 0.15) is 6.04 Å². The Morgan fingerprint density at radius 3 is 2.93 bits per heavy atom. The van der Waals surface area contributed by atoms with Gasteiger partial charge in [-0.3, -0.25) is 4.79 Å². The predicted molar refractivity (Wildman–Crippen MR) is 51.0 cm³/mol. The Hall–Kier alpha value is -2.04. The molecule has 1 aliphatic heterocycles. The minimum Gasteiger partial charge on any atom is -0.366 e. The van der Waals surface area contributed by atoms with Gasteiger partial charge in [-0.15, -0.1) is 5.10 Å². The summed E-state index contributed by atoms with van der Waals surface area (Å²) in [6.07, 6.45) is 1.61. The van der Waals surface area contributed by atoms with Gasteiger partial charge in [0.2, 0.25) is 5.91 Å². The molecular weight excluding hydrogens is 180 g/mol.